The number of pyridine rings is 1. The zero-order valence-corrected chi connectivity index (χ0v) is 14.8. The molecule has 0 spiro atoms. The Morgan fingerprint density at radius 2 is 1.84 bits per heavy atom. The third kappa shape index (κ3) is 5.04. The number of nitrogens with zero attached hydrogens (tertiary/aromatic N) is 1. The van der Waals surface area contributed by atoms with E-state index in [1.807, 2.05) is 12.1 Å². The molecule has 0 aliphatic rings. The van der Waals surface area contributed by atoms with Crippen LogP contribution in [-0.4, -0.2) is 29.8 Å². The van der Waals surface area contributed by atoms with Gasteiger partial charge in [0.25, 0.3) is 0 Å². The zero-order valence-electron chi connectivity index (χ0n) is 14.8. The highest BCUT2D eigenvalue weighted by molar-refractivity contribution is 5.97. The summed E-state index contributed by atoms with van der Waals surface area (Å²) in [5, 5.41) is 2.71. The van der Waals surface area contributed by atoms with Crippen molar-refractivity contribution >= 4 is 12.1 Å². The standard InChI is InChI=1S/C19H22N2O4/c1-19(2,3)25-18(23)21-12-13-11-20-10-9-14(13)15-7-5-6-8-16(15)17(22)24-4/h5-11H,12H2,1-4H3,(H,21,23). The van der Waals surface area contributed by atoms with Crippen LogP contribution in [0.2, 0.25) is 0 Å². The van der Waals surface area contributed by atoms with Crippen LogP contribution < -0.4 is 5.32 Å². The molecule has 0 aliphatic heterocycles. The van der Waals surface area contributed by atoms with Gasteiger partial charge in [-0.1, -0.05) is 18.2 Å². The van der Waals surface area contributed by atoms with Gasteiger partial charge in [0, 0.05) is 18.9 Å². The quantitative estimate of drug-likeness (QED) is 0.860. The summed E-state index contributed by atoms with van der Waals surface area (Å²) in [6.45, 7) is 5.63. The SMILES string of the molecule is COC(=O)c1ccccc1-c1ccncc1CNC(=O)OC(C)(C)C. The summed E-state index contributed by atoms with van der Waals surface area (Å²) in [6, 6.07) is 8.95. The highest BCUT2D eigenvalue weighted by atomic mass is 16.6. The molecule has 132 valence electrons. The number of amides is 1. The summed E-state index contributed by atoms with van der Waals surface area (Å²) in [5.41, 5.74) is 2.17. The van der Waals surface area contributed by atoms with Crippen LogP contribution in [0.5, 0.6) is 0 Å². The number of alkyl carbamates (subject to hydrolysis) is 1. The Labute approximate surface area is 147 Å². The molecule has 0 saturated carbocycles. The number of rotatable bonds is 4. The third-order valence-corrected chi connectivity index (χ3v) is 3.35. The number of carbonyl (C=O) groups excluding carboxylic acids is 2. The number of benzene rings is 1. The molecular weight excluding hydrogens is 320 g/mol. The fraction of sp³-hybridized carbons (Fsp3) is 0.316. The largest absolute Gasteiger partial charge is 0.465 e. The van der Waals surface area contributed by atoms with Gasteiger partial charge in [0.05, 0.1) is 12.7 Å². The lowest BCUT2D eigenvalue weighted by Gasteiger charge is -2.20. The first kappa shape index (κ1) is 18.4. The molecule has 0 radical (unpaired) electrons. The maximum absolute atomic E-state index is 12.0. The molecule has 2 aromatic rings. The van der Waals surface area contributed by atoms with Gasteiger partial charge in [0.2, 0.25) is 0 Å². The molecule has 1 amide bonds. The van der Waals surface area contributed by atoms with E-state index in [0.29, 0.717) is 5.56 Å². The van der Waals surface area contributed by atoms with Gasteiger partial charge in [-0.25, -0.2) is 9.59 Å². The average Bonchev–Trinajstić information content (AvgIpc) is 2.58. The van der Waals surface area contributed by atoms with Crippen LogP contribution in [0.15, 0.2) is 42.7 Å². The van der Waals surface area contributed by atoms with Crippen LogP contribution in [0.3, 0.4) is 0 Å². The first-order valence-corrected chi connectivity index (χ1v) is 7.89. The van der Waals surface area contributed by atoms with E-state index in [1.54, 1.807) is 51.4 Å². The minimum absolute atomic E-state index is 0.230. The Bertz CT molecular complexity index is 766. The van der Waals surface area contributed by atoms with Crippen molar-refractivity contribution in [2.24, 2.45) is 0 Å². The lowest BCUT2D eigenvalue weighted by molar-refractivity contribution is 0.0522. The highest BCUT2D eigenvalue weighted by Crippen LogP contribution is 2.27. The second kappa shape index (κ2) is 7.79. The molecular formula is C19H22N2O4. The normalized spacial score (nSPS) is 10.9. The van der Waals surface area contributed by atoms with Crippen molar-refractivity contribution in [3.63, 3.8) is 0 Å². The van der Waals surface area contributed by atoms with E-state index < -0.39 is 17.7 Å². The fourth-order valence-electron chi connectivity index (χ4n) is 2.32. The summed E-state index contributed by atoms with van der Waals surface area (Å²) in [4.78, 5) is 28.0. The Balaban J connectivity index is 2.28. The van der Waals surface area contributed by atoms with Crippen LogP contribution in [0.25, 0.3) is 11.1 Å². The van der Waals surface area contributed by atoms with Crippen molar-refractivity contribution < 1.29 is 19.1 Å². The molecule has 6 heteroatoms. The first-order valence-electron chi connectivity index (χ1n) is 7.89. The molecule has 2 rings (SSSR count). The highest BCUT2D eigenvalue weighted by Gasteiger charge is 2.18. The second-order valence-corrected chi connectivity index (χ2v) is 6.43. The van der Waals surface area contributed by atoms with E-state index in [9.17, 15) is 9.59 Å². The summed E-state index contributed by atoms with van der Waals surface area (Å²) in [6.07, 6.45) is 2.78. The number of nitrogens with one attached hydrogen (secondary N) is 1. The molecule has 1 aromatic heterocycles. The average molecular weight is 342 g/mol. The van der Waals surface area contributed by atoms with Gasteiger partial charge in [-0.15, -0.1) is 0 Å². The number of hydrogen-bond acceptors (Lipinski definition) is 5. The van der Waals surface area contributed by atoms with Crippen molar-refractivity contribution in [1.82, 2.24) is 10.3 Å². The van der Waals surface area contributed by atoms with E-state index in [2.05, 4.69) is 10.3 Å². The summed E-state index contributed by atoms with van der Waals surface area (Å²) in [5.74, 6) is -0.418. The maximum atomic E-state index is 12.0. The van der Waals surface area contributed by atoms with Crippen LogP contribution in [0.1, 0.15) is 36.7 Å². The molecule has 1 aromatic carbocycles. The number of methoxy groups -OCH3 is 1. The van der Waals surface area contributed by atoms with Crippen molar-refractivity contribution in [3.8, 4) is 11.1 Å². The molecule has 25 heavy (non-hydrogen) atoms. The first-order chi connectivity index (χ1) is 11.8. The molecule has 0 bridgehead atoms. The topological polar surface area (TPSA) is 77.5 Å². The van der Waals surface area contributed by atoms with Gasteiger partial charge in [-0.2, -0.15) is 0 Å². The molecule has 6 nitrogen and oxygen atoms in total. The van der Waals surface area contributed by atoms with E-state index in [-0.39, 0.29) is 6.54 Å². The lowest BCUT2D eigenvalue weighted by Crippen LogP contribution is -2.32. The second-order valence-electron chi connectivity index (χ2n) is 6.43. The van der Waals surface area contributed by atoms with Crippen molar-refractivity contribution in [2.45, 2.75) is 32.9 Å². The number of carbonyl (C=O) groups is 2. The smallest absolute Gasteiger partial charge is 0.407 e. The van der Waals surface area contributed by atoms with Gasteiger partial charge in [0.1, 0.15) is 5.60 Å². The number of esters is 1. The predicted octanol–water partition coefficient (Wildman–Crippen LogP) is 3.56. The molecule has 1 N–H and O–H groups in total. The minimum Gasteiger partial charge on any atom is -0.465 e. The van der Waals surface area contributed by atoms with E-state index in [0.717, 1.165) is 16.7 Å². The lowest BCUT2D eigenvalue weighted by atomic mass is 9.97. The molecule has 0 saturated heterocycles. The van der Waals surface area contributed by atoms with Crippen LogP contribution in [-0.2, 0) is 16.0 Å². The van der Waals surface area contributed by atoms with Crippen LogP contribution in [0, 0.1) is 0 Å². The van der Waals surface area contributed by atoms with Crippen LogP contribution >= 0.6 is 0 Å². The van der Waals surface area contributed by atoms with Crippen LogP contribution in [0.4, 0.5) is 4.79 Å². The Kier molecular flexibility index (Phi) is 5.75. The predicted molar refractivity (Wildman–Crippen MR) is 94.1 cm³/mol. The monoisotopic (exact) mass is 342 g/mol. The van der Waals surface area contributed by atoms with Gasteiger partial charge < -0.3 is 14.8 Å². The van der Waals surface area contributed by atoms with Gasteiger partial charge in [-0.05, 0) is 49.6 Å². The third-order valence-electron chi connectivity index (χ3n) is 3.35. The van der Waals surface area contributed by atoms with E-state index in [1.165, 1.54) is 7.11 Å². The zero-order chi connectivity index (χ0) is 18.4. The van der Waals surface area contributed by atoms with E-state index in [4.69, 9.17) is 9.47 Å². The van der Waals surface area contributed by atoms with E-state index >= 15 is 0 Å². The summed E-state index contributed by atoms with van der Waals surface area (Å²) < 4.78 is 10.1. The maximum Gasteiger partial charge on any atom is 0.407 e. The van der Waals surface area contributed by atoms with Gasteiger partial charge in [-0.3, -0.25) is 4.98 Å². The van der Waals surface area contributed by atoms with Gasteiger partial charge in [0.15, 0.2) is 0 Å². The summed E-state index contributed by atoms with van der Waals surface area (Å²) in [7, 11) is 1.34. The minimum atomic E-state index is -0.570. The Morgan fingerprint density at radius 3 is 2.52 bits per heavy atom. The molecule has 0 unspecified atom stereocenters. The number of hydrogen-bond donors (Lipinski definition) is 1. The van der Waals surface area contributed by atoms with Crippen molar-refractivity contribution in [2.75, 3.05) is 7.11 Å². The molecule has 0 aliphatic carbocycles. The fourth-order valence-corrected chi connectivity index (χ4v) is 2.32. The molecule has 0 atom stereocenters. The number of aromatic nitrogens is 1. The number of ether oxygens (including phenoxy) is 2. The summed E-state index contributed by atoms with van der Waals surface area (Å²) >= 11 is 0. The van der Waals surface area contributed by atoms with Crippen molar-refractivity contribution in [3.05, 3.63) is 53.9 Å². The molecule has 1 heterocycles. The Hall–Kier alpha value is -2.89. The molecule has 0 fully saturated rings. The van der Waals surface area contributed by atoms with Crippen molar-refractivity contribution in [1.29, 1.82) is 0 Å². The van der Waals surface area contributed by atoms with Gasteiger partial charge >= 0.3 is 12.1 Å². The Morgan fingerprint density at radius 1 is 1.12 bits per heavy atom.